The van der Waals surface area contributed by atoms with Crippen LogP contribution in [0.15, 0.2) is 15.9 Å². The number of hydrogen-bond acceptors (Lipinski definition) is 2. The van der Waals surface area contributed by atoms with Crippen molar-refractivity contribution in [2.45, 2.75) is 33.2 Å². The Morgan fingerprint density at radius 3 is 2.71 bits per heavy atom. The summed E-state index contributed by atoms with van der Waals surface area (Å²) >= 11 is 5.33. The van der Waals surface area contributed by atoms with Crippen LogP contribution in [0.25, 0.3) is 0 Å². The van der Waals surface area contributed by atoms with Crippen LogP contribution in [0.2, 0.25) is 0 Å². The van der Waals surface area contributed by atoms with Crippen molar-refractivity contribution in [3.63, 3.8) is 0 Å². The first-order valence-electron chi connectivity index (χ1n) is 5.21. The summed E-state index contributed by atoms with van der Waals surface area (Å²) in [5.41, 5.74) is 0. The maximum Gasteiger partial charge on any atom is 0.0328 e. The van der Waals surface area contributed by atoms with E-state index in [0.717, 1.165) is 13.1 Å². The van der Waals surface area contributed by atoms with Crippen LogP contribution in [-0.4, -0.2) is 18.0 Å². The Balaban J connectivity index is 2.40. The molecule has 0 N–H and O–H groups in total. The fraction of sp³-hybridized carbons (Fsp3) is 0.636. The van der Waals surface area contributed by atoms with E-state index < -0.39 is 0 Å². The molecule has 1 heterocycles. The Bertz CT molecular complexity index is 260. The summed E-state index contributed by atoms with van der Waals surface area (Å²) in [6, 6.07) is 2.22. The molecule has 0 aliphatic heterocycles. The molecular formula is C11H18BrNS. The van der Waals surface area contributed by atoms with E-state index in [0.29, 0.717) is 0 Å². The molecule has 3 heteroatoms. The van der Waals surface area contributed by atoms with Gasteiger partial charge < -0.3 is 0 Å². The molecule has 0 atom stereocenters. The maximum absolute atomic E-state index is 3.49. The summed E-state index contributed by atoms with van der Waals surface area (Å²) in [7, 11) is 0. The first-order valence-corrected chi connectivity index (χ1v) is 6.88. The average molecular weight is 276 g/mol. The minimum Gasteiger partial charge on any atom is -0.299 e. The summed E-state index contributed by atoms with van der Waals surface area (Å²) in [6.07, 6.45) is 2.59. The SMILES string of the molecule is CCCCN(CC)Cc1cc(Br)cs1. The molecule has 0 fully saturated rings. The quantitative estimate of drug-likeness (QED) is 0.755. The fourth-order valence-corrected chi connectivity index (χ4v) is 2.88. The maximum atomic E-state index is 3.49. The molecule has 14 heavy (non-hydrogen) atoms. The Hall–Kier alpha value is 0.140. The van der Waals surface area contributed by atoms with Crippen LogP contribution < -0.4 is 0 Å². The van der Waals surface area contributed by atoms with E-state index in [1.807, 2.05) is 11.3 Å². The zero-order chi connectivity index (χ0) is 10.4. The number of rotatable bonds is 6. The highest BCUT2D eigenvalue weighted by molar-refractivity contribution is 9.10. The van der Waals surface area contributed by atoms with Gasteiger partial charge in [0.25, 0.3) is 0 Å². The highest BCUT2D eigenvalue weighted by Gasteiger charge is 2.04. The predicted molar refractivity (Wildman–Crippen MR) is 67.9 cm³/mol. The Morgan fingerprint density at radius 1 is 1.43 bits per heavy atom. The van der Waals surface area contributed by atoms with Gasteiger partial charge in [-0.1, -0.05) is 20.3 Å². The van der Waals surface area contributed by atoms with Crippen molar-refractivity contribution < 1.29 is 0 Å². The second kappa shape index (κ2) is 6.59. The number of nitrogens with zero attached hydrogens (tertiary/aromatic N) is 1. The van der Waals surface area contributed by atoms with Gasteiger partial charge in [0.2, 0.25) is 0 Å². The Kier molecular flexibility index (Phi) is 5.75. The van der Waals surface area contributed by atoms with Gasteiger partial charge in [-0.3, -0.25) is 4.90 Å². The van der Waals surface area contributed by atoms with Crippen LogP contribution >= 0.6 is 27.3 Å². The van der Waals surface area contributed by atoms with Crippen LogP contribution in [-0.2, 0) is 6.54 Å². The normalized spacial score (nSPS) is 11.1. The average Bonchev–Trinajstić information content (AvgIpc) is 2.58. The Morgan fingerprint density at radius 2 is 2.21 bits per heavy atom. The molecule has 1 aromatic rings. The highest BCUT2D eigenvalue weighted by atomic mass is 79.9. The third-order valence-corrected chi connectivity index (χ3v) is 3.96. The lowest BCUT2D eigenvalue weighted by atomic mass is 10.3. The molecule has 0 saturated heterocycles. The molecule has 80 valence electrons. The molecule has 1 aromatic heterocycles. The summed E-state index contributed by atoms with van der Waals surface area (Å²) in [5.74, 6) is 0. The minimum atomic E-state index is 1.10. The second-order valence-electron chi connectivity index (χ2n) is 3.45. The number of halogens is 1. The van der Waals surface area contributed by atoms with Crippen LogP contribution in [0.4, 0.5) is 0 Å². The van der Waals surface area contributed by atoms with Crippen LogP contribution in [0.3, 0.4) is 0 Å². The van der Waals surface area contributed by atoms with E-state index in [9.17, 15) is 0 Å². The van der Waals surface area contributed by atoms with E-state index in [4.69, 9.17) is 0 Å². The standard InChI is InChI=1S/C11H18BrNS/c1-3-5-6-13(4-2)8-11-7-10(12)9-14-11/h7,9H,3-6,8H2,1-2H3. The first kappa shape index (κ1) is 12.2. The molecule has 0 aliphatic carbocycles. The predicted octanol–water partition coefficient (Wildman–Crippen LogP) is 4.13. The zero-order valence-electron chi connectivity index (χ0n) is 8.92. The number of unbranched alkanes of at least 4 members (excludes halogenated alkanes) is 1. The van der Waals surface area contributed by atoms with Gasteiger partial charge >= 0.3 is 0 Å². The van der Waals surface area contributed by atoms with Gasteiger partial charge in [-0.05, 0) is 41.5 Å². The van der Waals surface area contributed by atoms with Crippen molar-refractivity contribution in [1.29, 1.82) is 0 Å². The van der Waals surface area contributed by atoms with Gasteiger partial charge in [-0.15, -0.1) is 11.3 Å². The highest BCUT2D eigenvalue weighted by Crippen LogP contribution is 2.21. The van der Waals surface area contributed by atoms with E-state index >= 15 is 0 Å². The molecule has 1 nitrogen and oxygen atoms in total. The third-order valence-electron chi connectivity index (χ3n) is 2.28. The van der Waals surface area contributed by atoms with Gasteiger partial charge in [-0.2, -0.15) is 0 Å². The molecule has 0 spiro atoms. The number of thiophene rings is 1. The van der Waals surface area contributed by atoms with Gasteiger partial charge in [0.1, 0.15) is 0 Å². The summed E-state index contributed by atoms with van der Waals surface area (Å²) in [6.45, 7) is 7.96. The Labute approximate surface area is 99.3 Å². The summed E-state index contributed by atoms with van der Waals surface area (Å²) in [4.78, 5) is 3.96. The van der Waals surface area contributed by atoms with Crippen LogP contribution in [0, 0.1) is 0 Å². The lowest BCUT2D eigenvalue weighted by Crippen LogP contribution is -2.23. The zero-order valence-corrected chi connectivity index (χ0v) is 11.3. The van der Waals surface area contributed by atoms with E-state index in [-0.39, 0.29) is 0 Å². The monoisotopic (exact) mass is 275 g/mol. The van der Waals surface area contributed by atoms with Gasteiger partial charge in [0.05, 0.1) is 0 Å². The minimum absolute atomic E-state index is 1.10. The van der Waals surface area contributed by atoms with Crippen molar-refractivity contribution in [3.8, 4) is 0 Å². The van der Waals surface area contributed by atoms with Gasteiger partial charge in [0, 0.05) is 21.3 Å². The van der Waals surface area contributed by atoms with Gasteiger partial charge in [0.15, 0.2) is 0 Å². The van der Waals surface area contributed by atoms with Gasteiger partial charge in [-0.25, -0.2) is 0 Å². The van der Waals surface area contributed by atoms with Crippen molar-refractivity contribution in [2.24, 2.45) is 0 Å². The molecule has 0 saturated carbocycles. The van der Waals surface area contributed by atoms with E-state index in [1.54, 1.807) is 0 Å². The number of hydrogen-bond donors (Lipinski definition) is 0. The molecule has 0 amide bonds. The molecule has 1 rings (SSSR count). The van der Waals surface area contributed by atoms with Crippen molar-refractivity contribution >= 4 is 27.3 Å². The summed E-state index contributed by atoms with van der Waals surface area (Å²) < 4.78 is 1.21. The molecule has 0 bridgehead atoms. The fourth-order valence-electron chi connectivity index (χ4n) is 1.39. The molecule has 0 unspecified atom stereocenters. The lowest BCUT2D eigenvalue weighted by Gasteiger charge is -2.18. The second-order valence-corrected chi connectivity index (χ2v) is 5.37. The van der Waals surface area contributed by atoms with Crippen molar-refractivity contribution in [1.82, 2.24) is 4.90 Å². The van der Waals surface area contributed by atoms with E-state index in [1.165, 1.54) is 28.7 Å². The smallest absolute Gasteiger partial charge is 0.0328 e. The molecular weight excluding hydrogens is 258 g/mol. The van der Waals surface area contributed by atoms with Crippen molar-refractivity contribution in [3.05, 3.63) is 20.8 Å². The third kappa shape index (κ3) is 4.11. The van der Waals surface area contributed by atoms with Crippen LogP contribution in [0.5, 0.6) is 0 Å². The topological polar surface area (TPSA) is 3.24 Å². The van der Waals surface area contributed by atoms with Crippen LogP contribution in [0.1, 0.15) is 31.6 Å². The summed E-state index contributed by atoms with van der Waals surface area (Å²) in [5, 5.41) is 2.16. The molecule has 0 radical (unpaired) electrons. The van der Waals surface area contributed by atoms with E-state index in [2.05, 4.69) is 46.1 Å². The largest absolute Gasteiger partial charge is 0.299 e. The lowest BCUT2D eigenvalue weighted by molar-refractivity contribution is 0.278. The molecule has 0 aromatic carbocycles. The first-order chi connectivity index (χ1) is 6.76. The molecule has 0 aliphatic rings. The van der Waals surface area contributed by atoms with Crippen molar-refractivity contribution in [2.75, 3.05) is 13.1 Å².